The second kappa shape index (κ2) is 6.50. The van der Waals surface area contributed by atoms with Crippen molar-refractivity contribution in [3.05, 3.63) is 112 Å². The van der Waals surface area contributed by atoms with Crippen molar-refractivity contribution in [3.8, 4) is 0 Å². The van der Waals surface area contributed by atoms with Crippen molar-refractivity contribution >= 4 is 23.1 Å². The lowest BCUT2D eigenvalue weighted by Gasteiger charge is -2.08. The third kappa shape index (κ3) is 2.68. The van der Waals surface area contributed by atoms with E-state index in [4.69, 9.17) is 0 Å². The summed E-state index contributed by atoms with van der Waals surface area (Å²) in [5, 5.41) is 12.3. The molecule has 4 heteroatoms. The molecular formula is C23H13O4-. The SMILES string of the molecule is O=C1C(=C/C=C/C=C/C2=C([O-])c3ccccc3C2=O)C(=O)c2ccccc21. The van der Waals surface area contributed by atoms with Gasteiger partial charge in [-0.15, -0.1) is 0 Å². The summed E-state index contributed by atoms with van der Waals surface area (Å²) < 4.78 is 0. The summed E-state index contributed by atoms with van der Waals surface area (Å²) in [4.78, 5) is 36.8. The van der Waals surface area contributed by atoms with Gasteiger partial charge in [0.25, 0.3) is 0 Å². The fraction of sp³-hybridized carbons (Fsp3) is 0. The molecule has 0 fully saturated rings. The Balaban J connectivity index is 1.52. The highest BCUT2D eigenvalue weighted by molar-refractivity contribution is 6.39. The Morgan fingerprint density at radius 3 is 1.70 bits per heavy atom. The third-order valence-electron chi connectivity index (χ3n) is 4.56. The molecule has 0 unspecified atom stereocenters. The van der Waals surface area contributed by atoms with Crippen molar-refractivity contribution < 1.29 is 19.5 Å². The van der Waals surface area contributed by atoms with Crippen LogP contribution in [0, 0.1) is 0 Å². The number of carbonyl (C=O) groups is 3. The van der Waals surface area contributed by atoms with E-state index in [0.29, 0.717) is 22.3 Å². The molecule has 4 rings (SSSR count). The van der Waals surface area contributed by atoms with Gasteiger partial charge in [-0.05, 0) is 11.6 Å². The summed E-state index contributed by atoms with van der Waals surface area (Å²) in [5.41, 5.74) is 1.85. The molecule has 0 N–H and O–H groups in total. The van der Waals surface area contributed by atoms with Crippen molar-refractivity contribution in [1.82, 2.24) is 0 Å². The number of Topliss-reactive ketones (excluding diaryl/α,β-unsaturated/α-hetero) is 3. The Hall–Kier alpha value is -3.79. The number of hydrogen-bond donors (Lipinski definition) is 0. The lowest BCUT2D eigenvalue weighted by molar-refractivity contribution is -0.244. The molecule has 130 valence electrons. The topological polar surface area (TPSA) is 74.3 Å². The van der Waals surface area contributed by atoms with Gasteiger partial charge in [0, 0.05) is 22.3 Å². The van der Waals surface area contributed by atoms with Gasteiger partial charge < -0.3 is 5.11 Å². The molecule has 0 radical (unpaired) electrons. The maximum Gasteiger partial charge on any atom is 0.197 e. The fourth-order valence-electron chi connectivity index (χ4n) is 3.22. The van der Waals surface area contributed by atoms with Crippen molar-refractivity contribution in [2.45, 2.75) is 0 Å². The first-order valence-electron chi connectivity index (χ1n) is 8.38. The Kier molecular flexibility index (Phi) is 4.01. The summed E-state index contributed by atoms with van der Waals surface area (Å²) in [6, 6.07) is 13.4. The first kappa shape index (κ1) is 16.7. The van der Waals surface area contributed by atoms with Gasteiger partial charge in [-0.1, -0.05) is 78.6 Å². The average molecular weight is 353 g/mol. The molecule has 0 bridgehead atoms. The maximum atomic E-state index is 12.3. The van der Waals surface area contributed by atoms with Gasteiger partial charge in [-0.25, -0.2) is 0 Å². The van der Waals surface area contributed by atoms with Crippen LogP contribution in [-0.4, -0.2) is 17.3 Å². The summed E-state index contributed by atoms with van der Waals surface area (Å²) >= 11 is 0. The van der Waals surface area contributed by atoms with E-state index in [1.54, 1.807) is 66.8 Å². The van der Waals surface area contributed by atoms with Crippen LogP contribution in [0.2, 0.25) is 0 Å². The Morgan fingerprint density at radius 1 is 0.630 bits per heavy atom. The summed E-state index contributed by atoms with van der Waals surface area (Å²) in [7, 11) is 0. The minimum absolute atomic E-state index is 0.105. The van der Waals surface area contributed by atoms with Crippen molar-refractivity contribution in [3.63, 3.8) is 0 Å². The smallest absolute Gasteiger partial charge is 0.197 e. The fourth-order valence-corrected chi connectivity index (χ4v) is 3.22. The molecule has 2 aromatic rings. The quantitative estimate of drug-likeness (QED) is 0.483. The van der Waals surface area contributed by atoms with E-state index in [-0.39, 0.29) is 34.3 Å². The van der Waals surface area contributed by atoms with Crippen LogP contribution >= 0.6 is 0 Å². The van der Waals surface area contributed by atoms with Crippen molar-refractivity contribution in [2.24, 2.45) is 0 Å². The lowest BCUT2D eigenvalue weighted by atomic mass is 10.1. The molecule has 2 aliphatic carbocycles. The van der Waals surface area contributed by atoms with Crippen LogP contribution in [0.25, 0.3) is 5.76 Å². The van der Waals surface area contributed by atoms with E-state index in [1.165, 1.54) is 12.2 Å². The Labute approximate surface area is 155 Å². The van der Waals surface area contributed by atoms with Gasteiger partial charge in [0.1, 0.15) is 0 Å². The standard InChI is InChI=1S/C23H14O4/c24-20-14-8-4-5-9-15(14)21(25)18(20)12-2-1-3-13-19-22(26)16-10-6-7-11-17(16)23(19)27/h1-13,24H/p-1/b3-1+,12-2+. The van der Waals surface area contributed by atoms with E-state index in [2.05, 4.69) is 0 Å². The summed E-state index contributed by atoms with van der Waals surface area (Å²) in [5.74, 6) is -1.18. The van der Waals surface area contributed by atoms with E-state index in [1.807, 2.05) is 0 Å². The van der Waals surface area contributed by atoms with Crippen LogP contribution < -0.4 is 5.11 Å². The highest BCUT2D eigenvalue weighted by Gasteiger charge is 2.31. The minimum Gasteiger partial charge on any atom is -0.872 e. The van der Waals surface area contributed by atoms with Gasteiger partial charge in [0.15, 0.2) is 17.3 Å². The Morgan fingerprint density at radius 2 is 1.15 bits per heavy atom. The lowest BCUT2D eigenvalue weighted by Crippen LogP contribution is -2.02. The molecule has 0 heterocycles. The second-order valence-electron chi connectivity index (χ2n) is 6.15. The van der Waals surface area contributed by atoms with Crippen molar-refractivity contribution in [2.75, 3.05) is 0 Å². The van der Waals surface area contributed by atoms with E-state index in [0.717, 1.165) is 0 Å². The predicted octanol–water partition coefficient (Wildman–Crippen LogP) is 3.07. The van der Waals surface area contributed by atoms with E-state index < -0.39 is 0 Å². The highest BCUT2D eigenvalue weighted by Crippen LogP contribution is 2.29. The number of allylic oxidation sites excluding steroid dienone is 7. The molecule has 0 spiro atoms. The number of hydrogen-bond acceptors (Lipinski definition) is 4. The van der Waals surface area contributed by atoms with Crippen molar-refractivity contribution in [1.29, 1.82) is 0 Å². The summed E-state index contributed by atoms with van der Waals surface area (Å²) in [6.07, 6.45) is 7.57. The van der Waals surface area contributed by atoms with Gasteiger partial charge in [-0.2, -0.15) is 0 Å². The summed E-state index contributed by atoms with van der Waals surface area (Å²) in [6.45, 7) is 0. The highest BCUT2D eigenvalue weighted by atomic mass is 16.3. The van der Waals surface area contributed by atoms with Crippen LogP contribution in [-0.2, 0) is 0 Å². The molecule has 0 saturated heterocycles. The maximum absolute atomic E-state index is 12.3. The number of carbonyl (C=O) groups excluding carboxylic acids is 3. The van der Waals surface area contributed by atoms with Gasteiger partial charge in [0.2, 0.25) is 0 Å². The number of ketones is 3. The molecule has 0 aliphatic heterocycles. The first-order valence-corrected chi connectivity index (χ1v) is 8.38. The zero-order chi connectivity index (χ0) is 19.0. The normalized spacial score (nSPS) is 16.0. The largest absolute Gasteiger partial charge is 0.872 e. The molecular weight excluding hydrogens is 340 g/mol. The van der Waals surface area contributed by atoms with E-state index >= 15 is 0 Å². The van der Waals surface area contributed by atoms with Crippen LogP contribution in [0.15, 0.2) is 90.1 Å². The van der Waals surface area contributed by atoms with E-state index in [9.17, 15) is 19.5 Å². The van der Waals surface area contributed by atoms with Crippen LogP contribution in [0.5, 0.6) is 0 Å². The number of benzene rings is 2. The van der Waals surface area contributed by atoms with Gasteiger partial charge >= 0.3 is 0 Å². The molecule has 4 nitrogen and oxygen atoms in total. The van der Waals surface area contributed by atoms with Gasteiger partial charge in [0.05, 0.1) is 5.57 Å². The molecule has 0 atom stereocenters. The molecule has 2 aromatic carbocycles. The second-order valence-corrected chi connectivity index (χ2v) is 6.15. The van der Waals surface area contributed by atoms with Crippen LogP contribution in [0.3, 0.4) is 0 Å². The van der Waals surface area contributed by atoms with Crippen LogP contribution in [0.4, 0.5) is 0 Å². The number of fused-ring (bicyclic) bond motifs is 2. The number of rotatable bonds is 3. The first-order chi connectivity index (χ1) is 13.1. The zero-order valence-corrected chi connectivity index (χ0v) is 14.1. The Bertz CT molecular complexity index is 1090. The predicted molar refractivity (Wildman–Crippen MR) is 99.2 cm³/mol. The minimum atomic E-state index is -0.296. The molecule has 2 aliphatic rings. The van der Waals surface area contributed by atoms with Crippen LogP contribution in [0.1, 0.15) is 36.6 Å². The third-order valence-corrected chi connectivity index (χ3v) is 4.56. The molecule has 0 aromatic heterocycles. The zero-order valence-electron chi connectivity index (χ0n) is 14.1. The monoisotopic (exact) mass is 353 g/mol. The van der Waals surface area contributed by atoms with Gasteiger partial charge in [-0.3, -0.25) is 14.4 Å². The molecule has 27 heavy (non-hydrogen) atoms. The molecule has 0 amide bonds. The average Bonchev–Trinajstić information content (AvgIpc) is 3.08. The molecule has 0 saturated carbocycles.